The highest BCUT2D eigenvalue weighted by Crippen LogP contribution is 2.28. The van der Waals surface area contributed by atoms with E-state index in [2.05, 4.69) is 26.1 Å². The molecule has 0 atom stereocenters. The monoisotopic (exact) mass is 425 g/mol. The van der Waals surface area contributed by atoms with Gasteiger partial charge < -0.3 is 5.32 Å². The lowest BCUT2D eigenvalue weighted by Crippen LogP contribution is -2.34. The summed E-state index contributed by atoms with van der Waals surface area (Å²) in [4.78, 5) is 20.3. The second kappa shape index (κ2) is 7.55. The molecule has 1 heterocycles. The zero-order valence-corrected chi connectivity index (χ0v) is 16.2. The topological polar surface area (TPSA) is 113 Å². The number of nitrogens with zero attached hydrogens (tertiary/aromatic N) is 2. The number of fused-ring (bicyclic) bond motifs is 1. The van der Waals surface area contributed by atoms with Gasteiger partial charge in [-0.2, -0.15) is 0 Å². The Morgan fingerprint density at radius 1 is 1.00 bits per heavy atom. The molecule has 0 aliphatic carbocycles. The molecule has 0 fully saturated rings. The van der Waals surface area contributed by atoms with E-state index in [-0.39, 0.29) is 26.4 Å². The van der Waals surface area contributed by atoms with E-state index in [4.69, 9.17) is 23.2 Å². The molecule has 3 aromatic rings. The molecule has 8 nitrogen and oxygen atoms in total. The van der Waals surface area contributed by atoms with Crippen molar-refractivity contribution in [1.82, 2.24) is 15.4 Å². The van der Waals surface area contributed by atoms with Gasteiger partial charge in [-0.15, -0.1) is 0 Å². The standard InChI is InChI=1S/C16H13Cl2N5O3S/c1-27(25,26)15-14(20-12-7-10(17)11(18)8-13(12)21-15)22-23-16(24)19-9-5-3-2-4-6-9/h2-8H,1H3,(H,20,22)(H2,19,23,24). The van der Waals surface area contributed by atoms with Crippen LogP contribution in [0.15, 0.2) is 47.5 Å². The molecule has 2 aromatic carbocycles. The van der Waals surface area contributed by atoms with Crippen LogP contribution in [0.5, 0.6) is 0 Å². The number of hydrazine groups is 1. The molecule has 2 amide bonds. The van der Waals surface area contributed by atoms with Crippen LogP contribution in [0.4, 0.5) is 16.3 Å². The van der Waals surface area contributed by atoms with E-state index in [0.717, 1.165) is 6.26 Å². The predicted octanol–water partition coefficient (Wildman–Crippen LogP) is 3.49. The fraction of sp³-hybridized carbons (Fsp3) is 0.0625. The molecule has 11 heteroatoms. The molecule has 0 radical (unpaired) electrons. The van der Waals surface area contributed by atoms with E-state index >= 15 is 0 Å². The maximum absolute atomic E-state index is 12.1. The molecule has 0 saturated carbocycles. The van der Waals surface area contributed by atoms with Gasteiger partial charge in [0, 0.05) is 11.9 Å². The van der Waals surface area contributed by atoms with Gasteiger partial charge in [0.1, 0.15) is 0 Å². The van der Waals surface area contributed by atoms with Crippen molar-refractivity contribution in [2.24, 2.45) is 0 Å². The number of halogens is 2. The van der Waals surface area contributed by atoms with E-state index in [1.807, 2.05) is 6.07 Å². The number of hydrogen-bond donors (Lipinski definition) is 3. The summed E-state index contributed by atoms with van der Waals surface area (Å²) in [6, 6.07) is 11.0. The van der Waals surface area contributed by atoms with Crippen molar-refractivity contribution >= 4 is 61.6 Å². The minimum Gasteiger partial charge on any atom is -0.307 e. The smallest absolute Gasteiger partial charge is 0.307 e. The van der Waals surface area contributed by atoms with Crippen molar-refractivity contribution in [1.29, 1.82) is 0 Å². The van der Waals surface area contributed by atoms with Crippen molar-refractivity contribution in [2.75, 3.05) is 17.0 Å². The normalized spacial score (nSPS) is 11.2. The number of nitrogens with one attached hydrogen (secondary N) is 3. The molecule has 0 aliphatic rings. The number of benzene rings is 2. The highest BCUT2D eigenvalue weighted by Gasteiger charge is 2.19. The molecule has 0 aliphatic heterocycles. The Balaban J connectivity index is 1.90. The van der Waals surface area contributed by atoms with Gasteiger partial charge in [-0.1, -0.05) is 41.4 Å². The number of rotatable bonds is 4. The lowest BCUT2D eigenvalue weighted by molar-refractivity contribution is 0.253. The fourth-order valence-electron chi connectivity index (χ4n) is 2.18. The molecule has 1 aromatic heterocycles. The van der Waals surface area contributed by atoms with Gasteiger partial charge in [-0.25, -0.2) is 28.6 Å². The Bertz CT molecular complexity index is 1120. The molecule has 0 bridgehead atoms. The SMILES string of the molecule is CS(=O)(=O)c1nc2cc(Cl)c(Cl)cc2nc1NNC(=O)Nc1ccccc1. The second-order valence-corrected chi connectivity index (χ2v) is 8.22. The lowest BCUT2D eigenvalue weighted by atomic mass is 10.3. The number of anilines is 2. The van der Waals surface area contributed by atoms with Crippen LogP contribution in [-0.4, -0.2) is 30.7 Å². The Labute approximate surface area is 164 Å². The summed E-state index contributed by atoms with van der Waals surface area (Å²) in [5, 5.41) is 2.70. The number of aromatic nitrogens is 2. The fourth-order valence-corrected chi connectivity index (χ4v) is 3.20. The average molecular weight is 426 g/mol. The maximum Gasteiger partial charge on any atom is 0.337 e. The van der Waals surface area contributed by atoms with Gasteiger partial charge in [0.15, 0.2) is 20.7 Å². The summed E-state index contributed by atoms with van der Waals surface area (Å²) < 4.78 is 24.1. The highest BCUT2D eigenvalue weighted by atomic mass is 35.5. The van der Waals surface area contributed by atoms with E-state index in [1.165, 1.54) is 12.1 Å². The van der Waals surface area contributed by atoms with Crippen LogP contribution in [0.25, 0.3) is 11.0 Å². The summed E-state index contributed by atoms with van der Waals surface area (Å²) in [6.07, 6.45) is 0.982. The van der Waals surface area contributed by atoms with Crippen LogP contribution < -0.4 is 16.2 Å². The first-order valence-corrected chi connectivity index (χ1v) is 10.1. The Morgan fingerprint density at radius 3 is 2.19 bits per heavy atom. The van der Waals surface area contributed by atoms with Crippen molar-refractivity contribution in [3.8, 4) is 0 Å². The minimum absolute atomic E-state index is 0.147. The van der Waals surface area contributed by atoms with E-state index < -0.39 is 15.9 Å². The number of urea groups is 1. The third-order valence-corrected chi connectivity index (χ3v) is 5.06. The molecular weight excluding hydrogens is 413 g/mol. The van der Waals surface area contributed by atoms with Gasteiger partial charge in [0.2, 0.25) is 0 Å². The summed E-state index contributed by atoms with van der Waals surface area (Å²) in [5.74, 6) is -0.147. The first-order valence-electron chi connectivity index (χ1n) is 7.49. The van der Waals surface area contributed by atoms with E-state index in [9.17, 15) is 13.2 Å². The molecular formula is C16H13Cl2N5O3S. The first kappa shape index (κ1) is 19.2. The number of carbonyl (C=O) groups excluding carboxylic acids is 1. The number of hydrogen-bond acceptors (Lipinski definition) is 6. The Kier molecular flexibility index (Phi) is 5.36. The Hall–Kier alpha value is -2.62. The van der Waals surface area contributed by atoms with E-state index in [0.29, 0.717) is 11.2 Å². The zero-order valence-electron chi connectivity index (χ0n) is 13.8. The number of para-hydroxylation sites is 1. The van der Waals surface area contributed by atoms with Gasteiger partial charge in [0.05, 0.1) is 21.1 Å². The number of carbonyl (C=O) groups is 1. The summed E-state index contributed by atoms with van der Waals surface area (Å²) in [7, 11) is -3.74. The molecule has 3 N–H and O–H groups in total. The molecule has 0 saturated heterocycles. The molecule has 0 unspecified atom stereocenters. The predicted molar refractivity (Wildman–Crippen MR) is 105 cm³/mol. The van der Waals surface area contributed by atoms with Crippen molar-refractivity contribution in [2.45, 2.75) is 5.03 Å². The lowest BCUT2D eigenvalue weighted by Gasteiger charge is -2.12. The Morgan fingerprint density at radius 2 is 1.59 bits per heavy atom. The van der Waals surface area contributed by atoms with Gasteiger partial charge in [-0.05, 0) is 24.3 Å². The van der Waals surface area contributed by atoms with Gasteiger partial charge in [0.25, 0.3) is 0 Å². The van der Waals surface area contributed by atoms with Crippen LogP contribution in [-0.2, 0) is 9.84 Å². The third kappa shape index (κ3) is 4.57. The van der Waals surface area contributed by atoms with E-state index in [1.54, 1.807) is 24.3 Å². The highest BCUT2D eigenvalue weighted by molar-refractivity contribution is 7.90. The van der Waals surface area contributed by atoms with Crippen LogP contribution in [0, 0.1) is 0 Å². The van der Waals surface area contributed by atoms with Gasteiger partial charge >= 0.3 is 6.03 Å². The van der Waals surface area contributed by atoms with Gasteiger partial charge in [-0.3, -0.25) is 5.43 Å². The molecule has 3 rings (SSSR count). The quantitative estimate of drug-likeness (QED) is 0.551. The molecule has 27 heavy (non-hydrogen) atoms. The summed E-state index contributed by atoms with van der Waals surface area (Å²) >= 11 is 11.9. The van der Waals surface area contributed by atoms with Crippen LogP contribution >= 0.6 is 23.2 Å². The largest absolute Gasteiger partial charge is 0.337 e. The van der Waals surface area contributed by atoms with Crippen molar-refractivity contribution < 1.29 is 13.2 Å². The number of amides is 2. The van der Waals surface area contributed by atoms with Crippen LogP contribution in [0.1, 0.15) is 0 Å². The van der Waals surface area contributed by atoms with Crippen molar-refractivity contribution in [3.63, 3.8) is 0 Å². The van der Waals surface area contributed by atoms with Crippen LogP contribution in [0.2, 0.25) is 10.0 Å². The van der Waals surface area contributed by atoms with Crippen LogP contribution in [0.3, 0.4) is 0 Å². The number of sulfone groups is 1. The zero-order chi connectivity index (χ0) is 19.6. The molecule has 0 spiro atoms. The van der Waals surface area contributed by atoms with Crippen molar-refractivity contribution in [3.05, 3.63) is 52.5 Å². The third-order valence-electron chi connectivity index (χ3n) is 3.35. The minimum atomic E-state index is -3.74. The summed E-state index contributed by atoms with van der Waals surface area (Å²) in [5.41, 5.74) is 5.92. The maximum atomic E-state index is 12.1. The molecule has 140 valence electrons. The first-order chi connectivity index (χ1) is 12.7. The summed E-state index contributed by atoms with van der Waals surface area (Å²) in [6.45, 7) is 0. The average Bonchev–Trinajstić information content (AvgIpc) is 2.60. The second-order valence-electron chi connectivity index (χ2n) is 5.47.